The number of guanidine groups is 1. The number of rotatable bonds is 8. The molecule has 0 fully saturated rings. The summed E-state index contributed by atoms with van der Waals surface area (Å²) in [7, 11) is 0.567. The van der Waals surface area contributed by atoms with Gasteiger partial charge < -0.3 is 15.0 Å². The van der Waals surface area contributed by atoms with Crippen LogP contribution in [0.1, 0.15) is 19.4 Å². The molecule has 0 aliphatic heterocycles. The van der Waals surface area contributed by atoms with Crippen LogP contribution in [0, 0.1) is 0 Å². The Bertz CT molecular complexity index is 615. The fraction of sp³-hybridized carbons (Fsp3) is 0.562. The Hall–Kier alpha value is -1.76. The van der Waals surface area contributed by atoms with Crippen molar-refractivity contribution in [1.29, 1.82) is 0 Å². The monoisotopic (exact) mass is 341 g/mol. The van der Waals surface area contributed by atoms with Crippen LogP contribution in [0.25, 0.3) is 0 Å². The van der Waals surface area contributed by atoms with Gasteiger partial charge in [-0.25, -0.2) is 8.42 Å². The number of methoxy groups -OCH3 is 1. The average Bonchev–Trinajstić information content (AvgIpc) is 2.54. The van der Waals surface area contributed by atoms with Crippen molar-refractivity contribution in [2.75, 3.05) is 38.8 Å². The number of ether oxygens (including phenoxy) is 1. The van der Waals surface area contributed by atoms with Crippen LogP contribution in [0.3, 0.4) is 0 Å². The lowest BCUT2D eigenvalue weighted by atomic mass is 10.2. The van der Waals surface area contributed by atoms with E-state index in [1.165, 1.54) is 0 Å². The topological polar surface area (TPSA) is 71.0 Å². The van der Waals surface area contributed by atoms with Crippen molar-refractivity contribution in [3.63, 3.8) is 0 Å². The summed E-state index contributed by atoms with van der Waals surface area (Å²) in [6.07, 6.45) is 0. The maximum absolute atomic E-state index is 11.6. The van der Waals surface area contributed by atoms with E-state index in [4.69, 9.17) is 4.74 Å². The molecule has 0 aliphatic rings. The maximum atomic E-state index is 11.6. The highest BCUT2D eigenvalue weighted by Gasteiger charge is 2.11. The van der Waals surface area contributed by atoms with Gasteiger partial charge in [0.2, 0.25) is 0 Å². The summed E-state index contributed by atoms with van der Waals surface area (Å²) in [5, 5.41) is 3.18. The zero-order valence-electron chi connectivity index (χ0n) is 14.4. The molecule has 0 spiro atoms. The smallest absolute Gasteiger partial charge is 0.193 e. The molecule has 0 saturated heterocycles. The number of aliphatic imine (C=N–C) groups is 1. The van der Waals surface area contributed by atoms with E-state index in [1.807, 2.05) is 43.1 Å². The molecule has 0 atom stereocenters. The van der Waals surface area contributed by atoms with Crippen LogP contribution in [0.4, 0.5) is 0 Å². The van der Waals surface area contributed by atoms with Crippen molar-refractivity contribution >= 4 is 15.8 Å². The minimum atomic E-state index is -3.00. The Labute approximate surface area is 139 Å². The molecule has 130 valence electrons. The van der Waals surface area contributed by atoms with E-state index in [2.05, 4.69) is 10.3 Å². The summed E-state index contributed by atoms with van der Waals surface area (Å²) in [6, 6.07) is 7.81. The first kappa shape index (κ1) is 19.3. The molecule has 0 aliphatic carbocycles. The van der Waals surface area contributed by atoms with Crippen LogP contribution in [-0.2, 0) is 16.4 Å². The fourth-order valence-electron chi connectivity index (χ4n) is 2.07. The van der Waals surface area contributed by atoms with Gasteiger partial charge in [-0.2, -0.15) is 0 Å². The highest BCUT2D eigenvalue weighted by atomic mass is 32.2. The van der Waals surface area contributed by atoms with E-state index < -0.39 is 9.84 Å². The second-order valence-electron chi connectivity index (χ2n) is 5.14. The number of nitrogens with one attached hydrogen (secondary N) is 1. The summed E-state index contributed by atoms with van der Waals surface area (Å²) in [5.41, 5.74) is 1.05. The van der Waals surface area contributed by atoms with Gasteiger partial charge in [0.25, 0.3) is 0 Å². The first-order valence-electron chi connectivity index (χ1n) is 7.75. The van der Waals surface area contributed by atoms with Gasteiger partial charge in [-0.15, -0.1) is 0 Å². The standard InChI is InChI=1S/C16H27N3O3S/c1-5-17-16(18-11-12-23(20,21)6-2)19(3)13-14-9-7-8-10-15(14)22-4/h7-10H,5-6,11-13H2,1-4H3,(H,17,18). The van der Waals surface area contributed by atoms with E-state index in [-0.39, 0.29) is 18.1 Å². The molecular weight excluding hydrogens is 314 g/mol. The molecule has 0 amide bonds. The molecule has 0 heterocycles. The van der Waals surface area contributed by atoms with Gasteiger partial charge in [-0.05, 0) is 13.0 Å². The SMILES string of the molecule is CCNC(=NCCS(=O)(=O)CC)N(C)Cc1ccccc1OC. The van der Waals surface area contributed by atoms with Crippen molar-refractivity contribution in [3.05, 3.63) is 29.8 Å². The van der Waals surface area contributed by atoms with E-state index in [0.717, 1.165) is 17.9 Å². The number of para-hydroxylation sites is 1. The molecule has 0 aromatic heterocycles. The van der Waals surface area contributed by atoms with Crippen LogP contribution < -0.4 is 10.1 Å². The van der Waals surface area contributed by atoms with Crippen LogP contribution >= 0.6 is 0 Å². The number of sulfone groups is 1. The molecule has 0 radical (unpaired) electrons. The second-order valence-corrected chi connectivity index (χ2v) is 7.61. The number of nitrogens with zero attached hydrogens (tertiary/aromatic N) is 2. The maximum Gasteiger partial charge on any atom is 0.193 e. The first-order chi connectivity index (χ1) is 10.9. The molecule has 7 heteroatoms. The highest BCUT2D eigenvalue weighted by molar-refractivity contribution is 7.91. The molecule has 1 aromatic rings. The van der Waals surface area contributed by atoms with E-state index >= 15 is 0 Å². The van der Waals surface area contributed by atoms with E-state index in [0.29, 0.717) is 12.5 Å². The van der Waals surface area contributed by atoms with Crippen LogP contribution in [0.2, 0.25) is 0 Å². The summed E-state index contributed by atoms with van der Waals surface area (Å²) >= 11 is 0. The third-order valence-electron chi connectivity index (χ3n) is 3.40. The Morgan fingerprint density at radius 2 is 2.00 bits per heavy atom. The zero-order valence-corrected chi connectivity index (χ0v) is 15.2. The predicted molar refractivity (Wildman–Crippen MR) is 94.8 cm³/mol. The van der Waals surface area contributed by atoms with Gasteiger partial charge in [0, 0.05) is 31.5 Å². The van der Waals surface area contributed by atoms with Crippen molar-refractivity contribution < 1.29 is 13.2 Å². The predicted octanol–water partition coefficient (Wildman–Crippen LogP) is 1.53. The summed E-state index contributed by atoms with van der Waals surface area (Å²) in [6.45, 7) is 5.23. The molecule has 0 bridgehead atoms. The lowest BCUT2D eigenvalue weighted by molar-refractivity contribution is 0.396. The molecule has 1 rings (SSSR count). The van der Waals surface area contributed by atoms with Crippen molar-refractivity contribution in [3.8, 4) is 5.75 Å². The number of benzene rings is 1. The lowest BCUT2D eigenvalue weighted by Crippen LogP contribution is -2.38. The molecular formula is C16H27N3O3S. The third kappa shape index (κ3) is 6.48. The van der Waals surface area contributed by atoms with Gasteiger partial charge in [0.05, 0.1) is 19.4 Å². The summed E-state index contributed by atoms with van der Waals surface area (Å²) < 4.78 is 28.5. The zero-order chi connectivity index (χ0) is 17.3. The van der Waals surface area contributed by atoms with Crippen LogP contribution in [-0.4, -0.2) is 58.0 Å². The summed E-state index contributed by atoms with van der Waals surface area (Å²) in [5.74, 6) is 1.73. The van der Waals surface area contributed by atoms with Gasteiger partial charge in [0.15, 0.2) is 15.8 Å². The van der Waals surface area contributed by atoms with Gasteiger partial charge in [-0.1, -0.05) is 25.1 Å². The Kier molecular flexibility index (Phi) is 7.88. The quantitative estimate of drug-likeness (QED) is 0.573. The van der Waals surface area contributed by atoms with Crippen LogP contribution in [0.15, 0.2) is 29.3 Å². The molecule has 23 heavy (non-hydrogen) atoms. The third-order valence-corrected chi connectivity index (χ3v) is 5.08. The lowest BCUT2D eigenvalue weighted by Gasteiger charge is -2.23. The largest absolute Gasteiger partial charge is 0.496 e. The number of hydrogen-bond acceptors (Lipinski definition) is 4. The molecule has 0 unspecified atom stereocenters. The number of hydrogen-bond donors (Lipinski definition) is 1. The van der Waals surface area contributed by atoms with Crippen molar-refractivity contribution in [2.45, 2.75) is 20.4 Å². The minimum absolute atomic E-state index is 0.0703. The molecule has 6 nitrogen and oxygen atoms in total. The molecule has 0 saturated carbocycles. The average molecular weight is 341 g/mol. The Balaban J connectivity index is 2.79. The van der Waals surface area contributed by atoms with Gasteiger partial charge in [-0.3, -0.25) is 4.99 Å². The second kappa shape index (κ2) is 9.39. The Morgan fingerprint density at radius 3 is 2.61 bits per heavy atom. The fourth-order valence-corrected chi connectivity index (χ4v) is 2.73. The Morgan fingerprint density at radius 1 is 1.30 bits per heavy atom. The summed E-state index contributed by atoms with van der Waals surface area (Å²) in [4.78, 5) is 6.37. The van der Waals surface area contributed by atoms with E-state index in [1.54, 1.807) is 14.0 Å². The first-order valence-corrected chi connectivity index (χ1v) is 9.57. The normalized spacial score (nSPS) is 12.1. The van der Waals surface area contributed by atoms with Crippen molar-refractivity contribution in [2.24, 2.45) is 4.99 Å². The molecule has 1 N–H and O–H groups in total. The van der Waals surface area contributed by atoms with Gasteiger partial charge in [0.1, 0.15) is 5.75 Å². The minimum Gasteiger partial charge on any atom is -0.496 e. The van der Waals surface area contributed by atoms with Crippen LogP contribution in [0.5, 0.6) is 5.75 Å². The van der Waals surface area contributed by atoms with E-state index in [9.17, 15) is 8.42 Å². The van der Waals surface area contributed by atoms with Crippen molar-refractivity contribution in [1.82, 2.24) is 10.2 Å². The highest BCUT2D eigenvalue weighted by Crippen LogP contribution is 2.18. The molecule has 1 aromatic carbocycles. The van der Waals surface area contributed by atoms with Gasteiger partial charge >= 0.3 is 0 Å².